The lowest BCUT2D eigenvalue weighted by Gasteiger charge is -2.13. The van der Waals surface area contributed by atoms with E-state index in [0.717, 1.165) is 34.8 Å². The van der Waals surface area contributed by atoms with Gasteiger partial charge in [0, 0.05) is 18.5 Å². The molecule has 0 radical (unpaired) electrons. The van der Waals surface area contributed by atoms with Gasteiger partial charge in [-0.3, -0.25) is 4.79 Å². The molecule has 1 heterocycles. The topological polar surface area (TPSA) is 84.6 Å². The van der Waals surface area contributed by atoms with Crippen LogP contribution in [0.5, 0.6) is 5.75 Å². The number of aryl methyl sites for hydroxylation is 2. The van der Waals surface area contributed by atoms with Crippen LogP contribution in [0, 0.1) is 0 Å². The molecule has 0 aliphatic rings. The van der Waals surface area contributed by atoms with Crippen molar-refractivity contribution in [3.63, 3.8) is 0 Å². The minimum atomic E-state index is -0.765. The lowest BCUT2D eigenvalue weighted by molar-refractivity contribution is -0.120. The summed E-state index contributed by atoms with van der Waals surface area (Å²) in [5.74, 6) is 1.31. The summed E-state index contributed by atoms with van der Waals surface area (Å²) in [5.41, 5.74) is 2.40. The Hall–Kier alpha value is -2.34. The highest BCUT2D eigenvalue weighted by molar-refractivity contribution is 5.79. The average molecular weight is 332 g/mol. The van der Waals surface area contributed by atoms with Crippen LogP contribution in [0.4, 0.5) is 0 Å². The summed E-state index contributed by atoms with van der Waals surface area (Å²) in [6.45, 7) is 4.10. The molecule has 1 amide bonds. The first kappa shape index (κ1) is 18.0. The minimum Gasteiger partial charge on any atom is -0.497 e. The molecule has 1 unspecified atom stereocenters. The van der Waals surface area contributed by atoms with Crippen molar-refractivity contribution in [2.45, 2.75) is 39.2 Å². The predicted octanol–water partition coefficient (Wildman–Crippen LogP) is 2.20. The third-order valence-electron chi connectivity index (χ3n) is 3.94. The number of aliphatic hydroxyl groups excluding tert-OH is 1. The first-order chi connectivity index (χ1) is 11.6. The highest BCUT2D eigenvalue weighted by Gasteiger charge is 2.17. The van der Waals surface area contributed by atoms with E-state index in [-0.39, 0.29) is 18.9 Å². The summed E-state index contributed by atoms with van der Waals surface area (Å²) in [7, 11) is 1.59. The van der Waals surface area contributed by atoms with Crippen molar-refractivity contribution in [2.75, 3.05) is 13.7 Å². The van der Waals surface area contributed by atoms with E-state index in [1.165, 1.54) is 0 Å². The van der Waals surface area contributed by atoms with E-state index in [2.05, 4.69) is 10.5 Å². The molecule has 0 aliphatic carbocycles. The van der Waals surface area contributed by atoms with E-state index >= 15 is 0 Å². The number of hydrogen-bond acceptors (Lipinski definition) is 5. The monoisotopic (exact) mass is 332 g/mol. The van der Waals surface area contributed by atoms with E-state index in [1.54, 1.807) is 31.4 Å². The van der Waals surface area contributed by atoms with E-state index in [4.69, 9.17) is 9.26 Å². The van der Waals surface area contributed by atoms with Crippen LogP contribution in [0.15, 0.2) is 28.8 Å². The first-order valence-corrected chi connectivity index (χ1v) is 8.14. The molecule has 6 heteroatoms. The lowest BCUT2D eigenvalue weighted by atomic mass is 10.1. The quantitative estimate of drug-likeness (QED) is 0.774. The Morgan fingerprint density at radius 2 is 2.00 bits per heavy atom. The van der Waals surface area contributed by atoms with Crippen LogP contribution in [0.3, 0.4) is 0 Å². The van der Waals surface area contributed by atoms with Gasteiger partial charge in [-0.05, 0) is 24.1 Å². The maximum absolute atomic E-state index is 12.2. The molecule has 0 fully saturated rings. The maximum atomic E-state index is 12.2. The number of hydrogen-bond donors (Lipinski definition) is 2. The number of nitrogens with one attached hydrogen (secondary N) is 1. The molecule has 1 aromatic carbocycles. The van der Waals surface area contributed by atoms with Crippen molar-refractivity contribution in [1.29, 1.82) is 0 Å². The van der Waals surface area contributed by atoms with Gasteiger partial charge in [-0.15, -0.1) is 0 Å². The van der Waals surface area contributed by atoms with Gasteiger partial charge in [0.05, 0.1) is 25.3 Å². The fourth-order valence-electron chi connectivity index (χ4n) is 2.52. The van der Waals surface area contributed by atoms with Gasteiger partial charge in [-0.1, -0.05) is 31.1 Å². The van der Waals surface area contributed by atoms with Gasteiger partial charge < -0.3 is 19.7 Å². The largest absolute Gasteiger partial charge is 0.497 e. The molecule has 130 valence electrons. The van der Waals surface area contributed by atoms with Gasteiger partial charge in [0.15, 0.2) is 0 Å². The first-order valence-electron chi connectivity index (χ1n) is 8.14. The number of carbonyl (C=O) groups is 1. The SMILES string of the molecule is CCc1noc(CC)c1CC(=O)NCC(O)c1ccc(OC)cc1. The van der Waals surface area contributed by atoms with Crippen molar-refractivity contribution in [1.82, 2.24) is 10.5 Å². The van der Waals surface area contributed by atoms with Crippen LogP contribution in [0.1, 0.15) is 42.5 Å². The number of amides is 1. The van der Waals surface area contributed by atoms with E-state index < -0.39 is 6.10 Å². The lowest BCUT2D eigenvalue weighted by Crippen LogP contribution is -2.30. The third-order valence-corrected chi connectivity index (χ3v) is 3.94. The number of ether oxygens (including phenoxy) is 1. The van der Waals surface area contributed by atoms with Gasteiger partial charge >= 0.3 is 0 Å². The van der Waals surface area contributed by atoms with Crippen LogP contribution in [-0.2, 0) is 24.1 Å². The Kier molecular flexibility index (Phi) is 6.37. The van der Waals surface area contributed by atoms with Crippen LogP contribution in [0.2, 0.25) is 0 Å². The van der Waals surface area contributed by atoms with Crippen LogP contribution in [0.25, 0.3) is 0 Å². The number of rotatable bonds is 8. The Balaban J connectivity index is 1.91. The second-order valence-electron chi connectivity index (χ2n) is 5.51. The van der Waals surface area contributed by atoms with Gasteiger partial charge in [-0.2, -0.15) is 0 Å². The summed E-state index contributed by atoms with van der Waals surface area (Å²) >= 11 is 0. The second-order valence-corrected chi connectivity index (χ2v) is 5.51. The highest BCUT2D eigenvalue weighted by atomic mass is 16.5. The molecule has 6 nitrogen and oxygen atoms in total. The molecule has 0 aliphatic heterocycles. The van der Waals surface area contributed by atoms with E-state index in [0.29, 0.717) is 6.42 Å². The molecular weight excluding hydrogens is 308 g/mol. The van der Waals surface area contributed by atoms with Crippen molar-refractivity contribution in [3.8, 4) is 5.75 Å². The summed E-state index contributed by atoms with van der Waals surface area (Å²) in [5, 5.41) is 16.9. The summed E-state index contributed by atoms with van der Waals surface area (Å²) in [6, 6.07) is 7.11. The van der Waals surface area contributed by atoms with Crippen molar-refractivity contribution in [3.05, 3.63) is 46.8 Å². The number of nitrogens with zero attached hydrogens (tertiary/aromatic N) is 1. The highest BCUT2D eigenvalue weighted by Crippen LogP contribution is 2.18. The van der Waals surface area contributed by atoms with Gasteiger partial charge in [0.2, 0.25) is 5.91 Å². The van der Waals surface area contributed by atoms with Gasteiger partial charge in [0.1, 0.15) is 11.5 Å². The normalized spacial score (nSPS) is 12.0. The number of benzene rings is 1. The van der Waals surface area contributed by atoms with E-state index in [1.807, 2.05) is 13.8 Å². The number of aliphatic hydroxyl groups is 1. The van der Waals surface area contributed by atoms with E-state index in [9.17, 15) is 9.90 Å². The van der Waals surface area contributed by atoms with Crippen molar-refractivity contribution < 1.29 is 19.2 Å². The molecular formula is C18H24N2O4. The second kappa shape index (κ2) is 8.49. The predicted molar refractivity (Wildman–Crippen MR) is 89.9 cm³/mol. The van der Waals surface area contributed by atoms with Crippen LogP contribution >= 0.6 is 0 Å². The van der Waals surface area contributed by atoms with Crippen molar-refractivity contribution in [2.24, 2.45) is 0 Å². The fourth-order valence-corrected chi connectivity index (χ4v) is 2.52. The molecule has 1 atom stereocenters. The van der Waals surface area contributed by atoms with Crippen molar-refractivity contribution >= 4 is 5.91 Å². The molecule has 0 saturated carbocycles. The zero-order valence-electron chi connectivity index (χ0n) is 14.3. The molecule has 2 rings (SSSR count). The Morgan fingerprint density at radius 3 is 2.58 bits per heavy atom. The Labute approximate surface area is 141 Å². The fraction of sp³-hybridized carbons (Fsp3) is 0.444. The molecule has 2 aromatic rings. The molecule has 0 saturated heterocycles. The van der Waals surface area contributed by atoms with Crippen LogP contribution in [-0.4, -0.2) is 29.8 Å². The zero-order chi connectivity index (χ0) is 17.5. The molecule has 0 bridgehead atoms. The summed E-state index contributed by atoms with van der Waals surface area (Å²) < 4.78 is 10.3. The molecule has 2 N–H and O–H groups in total. The number of methoxy groups -OCH3 is 1. The standard InChI is InChI=1S/C18H24N2O4/c1-4-15-14(17(5-2)24-20-15)10-18(22)19-11-16(21)12-6-8-13(23-3)9-7-12/h6-9,16,21H,4-5,10-11H2,1-3H3,(H,19,22). The summed E-state index contributed by atoms with van der Waals surface area (Å²) in [6.07, 6.45) is 0.870. The minimum absolute atomic E-state index is 0.152. The third kappa shape index (κ3) is 4.35. The smallest absolute Gasteiger partial charge is 0.224 e. The maximum Gasteiger partial charge on any atom is 0.224 e. The Bertz CT molecular complexity index is 643. The zero-order valence-corrected chi connectivity index (χ0v) is 14.3. The number of aromatic nitrogens is 1. The Morgan fingerprint density at radius 1 is 1.29 bits per heavy atom. The average Bonchev–Trinajstić information content (AvgIpc) is 3.01. The number of carbonyl (C=O) groups excluding carboxylic acids is 1. The van der Waals surface area contributed by atoms with Gasteiger partial charge in [0.25, 0.3) is 0 Å². The summed E-state index contributed by atoms with van der Waals surface area (Å²) in [4.78, 5) is 12.2. The molecule has 24 heavy (non-hydrogen) atoms. The molecule has 1 aromatic heterocycles. The van der Waals surface area contributed by atoms with Crippen LogP contribution < -0.4 is 10.1 Å². The van der Waals surface area contributed by atoms with Gasteiger partial charge in [-0.25, -0.2) is 0 Å². The molecule has 0 spiro atoms.